The first kappa shape index (κ1) is 11.9. The number of para-hydroxylation sites is 1. The lowest BCUT2D eigenvalue weighted by Gasteiger charge is -2.08. The van der Waals surface area contributed by atoms with Gasteiger partial charge in [0.05, 0.1) is 11.0 Å². The van der Waals surface area contributed by atoms with Gasteiger partial charge in [0.25, 0.3) is 11.7 Å². The van der Waals surface area contributed by atoms with Gasteiger partial charge in [0.1, 0.15) is 0 Å². The van der Waals surface area contributed by atoms with Crippen LogP contribution in [-0.2, 0) is 4.74 Å². The number of benzene rings is 1. The number of nitro groups is 1. The van der Waals surface area contributed by atoms with Crippen LogP contribution in [0.3, 0.4) is 0 Å². The van der Waals surface area contributed by atoms with Crippen LogP contribution in [0, 0.1) is 10.1 Å². The molecule has 0 spiro atoms. The average Bonchev–Trinajstić information content (AvgIpc) is 3.04. The lowest BCUT2D eigenvalue weighted by atomic mass is 10.2. The van der Waals surface area contributed by atoms with Crippen LogP contribution in [0.5, 0.6) is 0 Å². The Morgan fingerprint density at radius 1 is 1.53 bits per heavy atom. The van der Waals surface area contributed by atoms with Gasteiger partial charge in [0.15, 0.2) is 11.1 Å². The highest BCUT2D eigenvalue weighted by Crippen LogP contribution is 2.27. The van der Waals surface area contributed by atoms with Crippen molar-refractivity contribution in [2.45, 2.75) is 18.9 Å². The second kappa shape index (κ2) is 4.85. The summed E-state index contributed by atoms with van der Waals surface area (Å²) in [5, 5.41) is 13.9. The molecular weight excluding hydrogens is 250 g/mol. The molecule has 3 rings (SSSR count). The number of nitrogens with zero attached hydrogens (tertiary/aromatic N) is 2. The first-order valence-electron chi connectivity index (χ1n) is 6.13. The number of ether oxygens (including phenoxy) is 1. The summed E-state index contributed by atoms with van der Waals surface area (Å²) in [6, 6.07) is 4.94. The Morgan fingerprint density at radius 3 is 3.16 bits per heavy atom. The van der Waals surface area contributed by atoms with Gasteiger partial charge in [0.2, 0.25) is 0 Å². The summed E-state index contributed by atoms with van der Waals surface area (Å²) in [6.07, 6.45) is 2.23. The maximum absolute atomic E-state index is 10.9. The van der Waals surface area contributed by atoms with Gasteiger partial charge in [-0.1, -0.05) is 6.07 Å². The number of nitro benzene ring substituents is 1. The normalized spacial score (nSPS) is 18.8. The molecule has 2 aromatic rings. The largest absolute Gasteiger partial charge is 0.423 e. The summed E-state index contributed by atoms with van der Waals surface area (Å²) >= 11 is 0. The molecule has 1 aliphatic rings. The fraction of sp³-hybridized carbons (Fsp3) is 0.417. The SMILES string of the molecule is O=[N+]([O-])c1cccc2oc(NCC3CCCO3)nc12. The number of oxazole rings is 1. The predicted octanol–water partition coefficient (Wildman–Crippen LogP) is 2.33. The van der Waals surface area contributed by atoms with Gasteiger partial charge in [-0.2, -0.15) is 4.98 Å². The highest BCUT2D eigenvalue weighted by molar-refractivity contribution is 5.83. The van der Waals surface area contributed by atoms with Gasteiger partial charge >= 0.3 is 0 Å². The second-order valence-corrected chi connectivity index (χ2v) is 4.42. The van der Waals surface area contributed by atoms with Gasteiger partial charge in [-0.3, -0.25) is 10.1 Å². The molecule has 0 aliphatic carbocycles. The Balaban J connectivity index is 1.80. The average molecular weight is 263 g/mol. The second-order valence-electron chi connectivity index (χ2n) is 4.42. The maximum Gasteiger partial charge on any atom is 0.298 e. The molecule has 1 N–H and O–H groups in total. The minimum Gasteiger partial charge on any atom is -0.423 e. The van der Waals surface area contributed by atoms with Crippen LogP contribution in [0.4, 0.5) is 11.7 Å². The van der Waals surface area contributed by atoms with Crippen LogP contribution in [0.2, 0.25) is 0 Å². The van der Waals surface area contributed by atoms with E-state index in [1.807, 2.05) is 0 Å². The third kappa shape index (κ3) is 2.37. The molecule has 0 radical (unpaired) electrons. The van der Waals surface area contributed by atoms with Crippen LogP contribution in [0.1, 0.15) is 12.8 Å². The lowest BCUT2D eigenvalue weighted by molar-refractivity contribution is -0.383. The fourth-order valence-corrected chi connectivity index (χ4v) is 2.16. The summed E-state index contributed by atoms with van der Waals surface area (Å²) in [6.45, 7) is 1.38. The van der Waals surface area contributed by atoms with Crippen LogP contribution < -0.4 is 5.32 Å². The van der Waals surface area contributed by atoms with Crippen LogP contribution in [0.15, 0.2) is 22.6 Å². The molecule has 1 aromatic carbocycles. The van der Waals surface area contributed by atoms with Crippen molar-refractivity contribution in [3.63, 3.8) is 0 Å². The van der Waals surface area contributed by atoms with Crippen molar-refractivity contribution < 1.29 is 14.1 Å². The lowest BCUT2D eigenvalue weighted by Crippen LogP contribution is -2.18. The Morgan fingerprint density at radius 2 is 2.42 bits per heavy atom. The van der Waals surface area contributed by atoms with E-state index < -0.39 is 4.92 Å². The molecule has 0 saturated carbocycles. The Hall–Kier alpha value is -2.15. The predicted molar refractivity (Wildman–Crippen MR) is 68.1 cm³/mol. The minimum atomic E-state index is -0.464. The van der Waals surface area contributed by atoms with Crippen molar-refractivity contribution in [2.24, 2.45) is 0 Å². The highest BCUT2D eigenvalue weighted by Gasteiger charge is 2.19. The van der Waals surface area contributed by atoms with Crippen molar-refractivity contribution in [2.75, 3.05) is 18.5 Å². The number of rotatable bonds is 4. The number of hydrogen-bond acceptors (Lipinski definition) is 6. The van der Waals surface area contributed by atoms with Gasteiger partial charge < -0.3 is 14.5 Å². The zero-order valence-corrected chi connectivity index (χ0v) is 10.2. The number of anilines is 1. The van der Waals surface area contributed by atoms with E-state index in [0.29, 0.717) is 18.1 Å². The van der Waals surface area contributed by atoms with Crippen molar-refractivity contribution in [1.29, 1.82) is 0 Å². The van der Waals surface area contributed by atoms with E-state index in [0.717, 1.165) is 19.4 Å². The monoisotopic (exact) mass is 263 g/mol. The van der Waals surface area contributed by atoms with Crippen LogP contribution in [0.25, 0.3) is 11.1 Å². The first-order valence-corrected chi connectivity index (χ1v) is 6.13. The zero-order chi connectivity index (χ0) is 13.2. The summed E-state index contributed by atoms with van der Waals surface area (Å²) < 4.78 is 10.9. The Kier molecular flexibility index (Phi) is 3.04. The topological polar surface area (TPSA) is 90.4 Å². The Bertz CT molecular complexity index is 604. The fourth-order valence-electron chi connectivity index (χ4n) is 2.16. The van der Waals surface area contributed by atoms with Gasteiger partial charge in [-0.25, -0.2) is 0 Å². The number of non-ortho nitro benzene ring substituents is 1. The smallest absolute Gasteiger partial charge is 0.298 e. The van der Waals surface area contributed by atoms with Gasteiger partial charge in [0, 0.05) is 19.2 Å². The molecule has 1 unspecified atom stereocenters. The third-order valence-electron chi connectivity index (χ3n) is 3.10. The van der Waals surface area contributed by atoms with E-state index in [9.17, 15) is 10.1 Å². The molecule has 100 valence electrons. The van der Waals surface area contributed by atoms with E-state index in [2.05, 4.69) is 10.3 Å². The molecule has 1 atom stereocenters. The quantitative estimate of drug-likeness (QED) is 0.672. The third-order valence-corrected chi connectivity index (χ3v) is 3.10. The highest BCUT2D eigenvalue weighted by atomic mass is 16.6. The van der Waals surface area contributed by atoms with Crippen LogP contribution >= 0.6 is 0 Å². The summed E-state index contributed by atoms with van der Waals surface area (Å²) in [7, 11) is 0. The summed E-state index contributed by atoms with van der Waals surface area (Å²) in [4.78, 5) is 14.5. The Labute approximate surface area is 108 Å². The van der Waals surface area contributed by atoms with Crippen molar-refractivity contribution in [3.8, 4) is 0 Å². The maximum atomic E-state index is 10.9. The van der Waals surface area contributed by atoms with E-state index in [1.165, 1.54) is 6.07 Å². The molecule has 0 bridgehead atoms. The number of aromatic nitrogens is 1. The van der Waals surface area contributed by atoms with Crippen molar-refractivity contribution in [3.05, 3.63) is 28.3 Å². The number of fused-ring (bicyclic) bond motifs is 1. The molecule has 0 amide bonds. The molecule has 1 saturated heterocycles. The molecular formula is C12H13N3O4. The van der Waals surface area contributed by atoms with E-state index in [-0.39, 0.29) is 17.3 Å². The van der Waals surface area contributed by atoms with E-state index >= 15 is 0 Å². The molecule has 7 heteroatoms. The van der Waals surface area contributed by atoms with Gasteiger partial charge in [-0.15, -0.1) is 0 Å². The molecule has 7 nitrogen and oxygen atoms in total. The summed E-state index contributed by atoms with van der Waals surface area (Å²) in [5.41, 5.74) is 0.623. The van der Waals surface area contributed by atoms with Crippen molar-refractivity contribution in [1.82, 2.24) is 4.98 Å². The molecule has 1 fully saturated rings. The zero-order valence-electron chi connectivity index (χ0n) is 10.2. The van der Waals surface area contributed by atoms with Crippen LogP contribution in [-0.4, -0.2) is 29.2 Å². The molecule has 2 heterocycles. The van der Waals surface area contributed by atoms with Crippen molar-refractivity contribution >= 4 is 22.8 Å². The number of nitrogens with one attached hydrogen (secondary N) is 1. The standard InChI is InChI=1S/C12H13N3O4/c16-15(17)9-4-1-5-10-11(9)14-12(19-10)13-7-8-3-2-6-18-8/h1,4-5,8H,2-3,6-7H2,(H,13,14). The van der Waals surface area contributed by atoms with Gasteiger partial charge in [-0.05, 0) is 18.9 Å². The summed E-state index contributed by atoms with van der Waals surface area (Å²) in [5.74, 6) is 0. The first-order chi connectivity index (χ1) is 9.24. The minimum absolute atomic E-state index is 0.0496. The van der Waals surface area contributed by atoms with E-state index in [4.69, 9.17) is 9.15 Å². The molecule has 1 aromatic heterocycles. The number of hydrogen-bond donors (Lipinski definition) is 1. The molecule has 1 aliphatic heterocycles. The molecule has 19 heavy (non-hydrogen) atoms. The van der Waals surface area contributed by atoms with E-state index in [1.54, 1.807) is 12.1 Å².